The minimum atomic E-state index is -3.68. The van der Waals surface area contributed by atoms with Crippen LogP contribution in [0.3, 0.4) is 0 Å². The molecule has 4 aromatic rings. The van der Waals surface area contributed by atoms with Gasteiger partial charge >= 0.3 is 0 Å². The molecule has 1 fully saturated rings. The zero-order valence-corrected chi connectivity index (χ0v) is 18.1. The van der Waals surface area contributed by atoms with Crippen molar-refractivity contribution in [3.05, 3.63) is 66.0 Å². The van der Waals surface area contributed by atoms with E-state index in [-0.39, 0.29) is 17.3 Å². The molecule has 5 nitrogen and oxygen atoms in total. The Morgan fingerprint density at radius 2 is 1.93 bits per heavy atom. The van der Waals surface area contributed by atoms with Crippen molar-refractivity contribution in [2.75, 3.05) is 0 Å². The lowest BCUT2D eigenvalue weighted by atomic mass is 9.99. The number of sulfone groups is 1. The first kappa shape index (κ1) is 19.5. The van der Waals surface area contributed by atoms with Crippen molar-refractivity contribution in [3.63, 3.8) is 0 Å². The topological polar surface area (TPSA) is 64.0 Å². The van der Waals surface area contributed by atoms with Crippen LogP contribution in [-0.4, -0.2) is 24.0 Å². The molecule has 2 aliphatic heterocycles. The summed E-state index contributed by atoms with van der Waals surface area (Å²) in [6, 6.07) is 15.4. The number of nitrogens with zero attached hydrogens (tertiary/aromatic N) is 2. The highest BCUT2D eigenvalue weighted by Crippen LogP contribution is 2.42. The van der Waals surface area contributed by atoms with E-state index < -0.39 is 9.84 Å². The number of halogens is 1. The van der Waals surface area contributed by atoms with Crippen LogP contribution in [0.15, 0.2) is 64.5 Å². The molecule has 2 bridgehead atoms. The molecule has 2 unspecified atom stereocenters. The van der Waals surface area contributed by atoms with Gasteiger partial charge in [0.25, 0.3) is 0 Å². The van der Waals surface area contributed by atoms with Gasteiger partial charge in [0, 0.05) is 53.7 Å². The van der Waals surface area contributed by atoms with E-state index in [1.165, 1.54) is 17.7 Å². The highest BCUT2D eigenvalue weighted by molar-refractivity contribution is 7.91. The van der Waals surface area contributed by atoms with Gasteiger partial charge < -0.3 is 9.88 Å². The highest BCUT2D eigenvalue weighted by Gasteiger charge is 2.36. The van der Waals surface area contributed by atoms with Crippen molar-refractivity contribution in [1.82, 2.24) is 14.9 Å². The van der Waals surface area contributed by atoms with Crippen molar-refractivity contribution >= 4 is 44.1 Å². The van der Waals surface area contributed by atoms with Gasteiger partial charge in [-0.25, -0.2) is 8.42 Å². The summed E-state index contributed by atoms with van der Waals surface area (Å²) in [5, 5.41) is 5.57. The van der Waals surface area contributed by atoms with Gasteiger partial charge in [0.15, 0.2) is 0 Å². The van der Waals surface area contributed by atoms with Crippen LogP contribution in [0.1, 0.15) is 30.1 Å². The van der Waals surface area contributed by atoms with E-state index in [2.05, 4.69) is 21.9 Å². The Balaban J connectivity index is 0.00000193. The quantitative estimate of drug-likeness (QED) is 0.505. The molecule has 1 saturated heterocycles. The maximum atomic E-state index is 13.6. The molecule has 0 spiro atoms. The summed E-state index contributed by atoms with van der Waals surface area (Å²) in [6.07, 6.45) is 4.94. The molecule has 2 aromatic carbocycles. The summed E-state index contributed by atoms with van der Waals surface area (Å²) in [7, 11) is -1.59. The van der Waals surface area contributed by atoms with Crippen LogP contribution in [0.2, 0.25) is 0 Å². The second-order valence-electron chi connectivity index (χ2n) is 8.13. The smallest absolute Gasteiger partial charge is 0.208 e. The molecule has 0 aliphatic carbocycles. The molecule has 0 saturated carbocycles. The Kier molecular flexibility index (Phi) is 4.43. The summed E-state index contributed by atoms with van der Waals surface area (Å²) in [5.74, 6) is 0. The highest BCUT2D eigenvalue weighted by atomic mass is 35.5. The standard InChI is InChI=1S/C23H21N3O2S.ClH/c1-26-19-10-8-16(13-17(19)22-18-9-7-15(25-18)12-20(22)26)29(27,28)21-6-2-4-14-5-3-11-24-23(14)21;/h2-6,8,10-11,13,15,18,25H,7,9,12H2,1H3;1H. The molecule has 154 valence electrons. The molecule has 1 N–H and O–H groups in total. The van der Waals surface area contributed by atoms with E-state index in [9.17, 15) is 8.42 Å². The predicted octanol–water partition coefficient (Wildman–Crippen LogP) is 4.33. The maximum absolute atomic E-state index is 13.6. The number of rotatable bonds is 2. The first-order valence-electron chi connectivity index (χ1n) is 10.00. The number of hydrogen-bond donors (Lipinski definition) is 1. The number of aromatic nitrogens is 2. The van der Waals surface area contributed by atoms with Crippen LogP contribution in [0.25, 0.3) is 21.8 Å². The molecule has 2 aliphatic rings. The Morgan fingerprint density at radius 1 is 1.10 bits per heavy atom. The van der Waals surface area contributed by atoms with Crippen LogP contribution in [-0.2, 0) is 23.3 Å². The first-order chi connectivity index (χ1) is 14.0. The molecular formula is C23H22ClN3O2S. The summed E-state index contributed by atoms with van der Waals surface area (Å²) in [4.78, 5) is 4.94. The van der Waals surface area contributed by atoms with Gasteiger partial charge in [-0.15, -0.1) is 12.4 Å². The fourth-order valence-electron chi connectivity index (χ4n) is 5.17. The zero-order chi connectivity index (χ0) is 19.8. The SMILES string of the molecule is Cl.Cn1c2c(c3cc(S(=O)(=O)c4cccc5cccnc45)ccc31)C1CCC(C2)N1. The van der Waals surface area contributed by atoms with Gasteiger partial charge in [-0.05, 0) is 48.7 Å². The summed E-state index contributed by atoms with van der Waals surface area (Å²) in [5.41, 5.74) is 4.24. The molecule has 2 aromatic heterocycles. The number of para-hydroxylation sites is 1. The van der Waals surface area contributed by atoms with Crippen molar-refractivity contribution in [1.29, 1.82) is 0 Å². The van der Waals surface area contributed by atoms with Gasteiger partial charge in [0.05, 0.1) is 15.3 Å². The van der Waals surface area contributed by atoms with E-state index >= 15 is 0 Å². The van der Waals surface area contributed by atoms with Crippen molar-refractivity contribution < 1.29 is 8.42 Å². The normalized spacial score (nSPS) is 20.3. The van der Waals surface area contributed by atoms with Crippen LogP contribution >= 0.6 is 12.4 Å². The molecule has 7 heteroatoms. The third-order valence-corrected chi connectivity index (χ3v) is 8.34. The van der Waals surface area contributed by atoms with Crippen molar-refractivity contribution in [2.24, 2.45) is 7.05 Å². The van der Waals surface area contributed by atoms with E-state index in [4.69, 9.17) is 0 Å². The van der Waals surface area contributed by atoms with Gasteiger partial charge in [-0.3, -0.25) is 4.98 Å². The molecular weight excluding hydrogens is 418 g/mol. The second kappa shape index (κ2) is 6.80. The first-order valence-corrected chi connectivity index (χ1v) is 11.5. The lowest BCUT2D eigenvalue weighted by molar-refractivity contribution is 0.503. The van der Waals surface area contributed by atoms with Gasteiger partial charge in [-0.1, -0.05) is 18.2 Å². The largest absolute Gasteiger partial charge is 0.347 e. The number of pyridine rings is 1. The maximum Gasteiger partial charge on any atom is 0.208 e. The minimum absolute atomic E-state index is 0. The monoisotopic (exact) mass is 439 g/mol. The third-order valence-electron chi connectivity index (χ3n) is 6.56. The van der Waals surface area contributed by atoms with E-state index in [1.54, 1.807) is 24.4 Å². The number of benzene rings is 2. The average Bonchev–Trinajstić information content (AvgIpc) is 3.26. The van der Waals surface area contributed by atoms with E-state index in [0.29, 0.717) is 22.5 Å². The molecule has 0 radical (unpaired) electrons. The van der Waals surface area contributed by atoms with Crippen LogP contribution < -0.4 is 5.32 Å². The fourth-order valence-corrected chi connectivity index (χ4v) is 6.63. The lowest BCUT2D eigenvalue weighted by Gasteiger charge is -2.23. The Bertz CT molecular complexity index is 1410. The number of aryl methyl sites for hydroxylation is 1. The van der Waals surface area contributed by atoms with Crippen LogP contribution in [0.4, 0.5) is 0 Å². The Morgan fingerprint density at radius 3 is 2.80 bits per heavy atom. The van der Waals surface area contributed by atoms with Crippen LogP contribution in [0.5, 0.6) is 0 Å². The van der Waals surface area contributed by atoms with Crippen LogP contribution in [0, 0.1) is 0 Å². The third kappa shape index (κ3) is 2.64. The van der Waals surface area contributed by atoms with Gasteiger partial charge in [-0.2, -0.15) is 0 Å². The second-order valence-corrected chi connectivity index (χ2v) is 10.0. The van der Waals surface area contributed by atoms with E-state index in [1.807, 2.05) is 30.3 Å². The average molecular weight is 440 g/mol. The number of nitrogens with one attached hydrogen (secondary N) is 1. The lowest BCUT2D eigenvalue weighted by Crippen LogP contribution is -2.32. The van der Waals surface area contributed by atoms with Crippen molar-refractivity contribution in [3.8, 4) is 0 Å². The molecule has 2 atom stereocenters. The van der Waals surface area contributed by atoms with Crippen molar-refractivity contribution in [2.45, 2.75) is 41.1 Å². The van der Waals surface area contributed by atoms with Gasteiger partial charge in [0.1, 0.15) is 0 Å². The van der Waals surface area contributed by atoms with Gasteiger partial charge in [0.2, 0.25) is 9.84 Å². The fraction of sp³-hybridized carbons (Fsp3) is 0.261. The zero-order valence-electron chi connectivity index (χ0n) is 16.5. The molecule has 4 heterocycles. The Labute approximate surface area is 181 Å². The Hall–Kier alpha value is -2.41. The predicted molar refractivity (Wildman–Crippen MR) is 120 cm³/mol. The molecule has 6 rings (SSSR count). The number of fused-ring (bicyclic) bond motifs is 7. The molecule has 0 amide bonds. The summed E-state index contributed by atoms with van der Waals surface area (Å²) >= 11 is 0. The summed E-state index contributed by atoms with van der Waals surface area (Å²) < 4.78 is 29.4. The minimum Gasteiger partial charge on any atom is -0.347 e. The van der Waals surface area contributed by atoms with E-state index in [0.717, 1.165) is 29.1 Å². The number of hydrogen-bond acceptors (Lipinski definition) is 4. The molecule has 30 heavy (non-hydrogen) atoms. The summed E-state index contributed by atoms with van der Waals surface area (Å²) in [6.45, 7) is 0.